The molecule has 0 fully saturated rings. The molecule has 0 atom stereocenters. The van der Waals surface area contributed by atoms with Crippen LogP contribution < -0.4 is 5.32 Å². The third-order valence-corrected chi connectivity index (χ3v) is 5.26. The van der Waals surface area contributed by atoms with Crippen LogP contribution in [0.2, 0.25) is 0 Å². The predicted molar refractivity (Wildman–Crippen MR) is 115 cm³/mol. The monoisotopic (exact) mass is 387 g/mol. The van der Waals surface area contributed by atoms with Crippen molar-refractivity contribution in [3.05, 3.63) is 34.7 Å². The van der Waals surface area contributed by atoms with E-state index in [1.165, 1.54) is 25.7 Å². The van der Waals surface area contributed by atoms with Crippen molar-refractivity contribution >= 4 is 11.7 Å². The van der Waals surface area contributed by atoms with Gasteiger partial charge in [0.25, 0.3) is 0 Å². The lowest BCUT2D eigenvalue weighted by atomic mass is 9.97. The van der Waals surface area contributed by atoms with Crippen LogP contribution in [0.3, 0.4) is 0 Å². The van der Waals surface area contributed by atoms with Gasteiger partial charge in [0.1, 0.15) is 0 Å². The molecule has 5 nitrogen and oxygen atoms in total. The lowest BCUT2D eigenvalue weighted by Crippen LogP contribution is -2.45. The molecule has 5 heteroatoms. The van der Waals surface area contributed by atoms with E-state index in [0.29, 0.717) is 0 Å². The molecule has 1 aromatic rings. The number of hydrogen-bond donors (Lipinski definition) is 1. The van der Waals surface area contributed by atoms with E-state index in [2.05, 4.69) is 22.9 Å². The molecule has 1 amide bonds. The maximum atomic E-state index is 12.8. The second kappa shape index (κ2) is 9.55. The molecule has 1 heterocycles. The van der Waals surface area contributed by atoms with Crippen LogP contribution in [0.5, 0.6) is 0 Å². The van der Waals surface area contributed by atoms with E-state index in [4.69, 9.17) is 0 Å². The van der Waals surface area contributed by atoms with Gasteiger partial charge in [0.15, 0.2) is 5.78 Å². The molecule has 156 valence electrons. The highest BCUT2D eigenvalue weighted by molar-refractivity contribution is 5.99. The number of Topliss-reactive ketones (excluding diaryl/α,β-unsaturated/α-hetero) is 1. The van der Waals surface area contributed by atoms with Gasteiger partial charge in [-0.25, -0.2) is 0 Å². The van der Waals surface area contributed by atoms with Crippen molar-refractivity contribution in [2.75, 3.05) is 20.1 Å². The minimum atomic E-state index is -0.263. The van der Waals surface area contributed by atoms with Gasteiger partial charge >= 0.3 is 0 Å². The van der Waals surface area contributed by atoms with Gasteiger partial charge in [0.2, 0.25) is 5.91 Å². The highest BCUT2D eigenvalue weighted by atomic mass is 16.2. The van der Waals surface area contributed by atoms with Gasteiger partial charge in [-0.15, -0.1) is 0 Å². The number of aryl methyl sites for hydroxylation is 1. The highest BCUT2D eigenvalue weighted by Gasteiger charge is 2.20. The molecular weight excluding hydrogens is 350 g/mol. The number of ketones is 1. The van der Waals surface area contributed by atoms with E-state index in [1.807, 2.05) is 40.8 Å². The van der Waals surface area contributed by atoms with Crippen LogP contribution in [0.15, 0.2) is 17.7 Å². The third kappa shape index (κ3) is 6.62. The Morgan fingerprint density at radius 3 is 2.50 bits per heavy atom. The normalized spacial score (nSPS) is 14.9. The molecule has 28 heavy (non-hydrogen) atoms. The zero-order valence-electron chi connectivity index (χ0n) is 18.5. The summed E-state index contributed by atoms with van der Waals surface area (Å²) in [5.74, 6) is 0.0105. The fourth-order valence-corrected chi connectivity index (χ4v) is 3.90. The Bertz CT molecular complexity index is 738. The molecule has 2 rings (SSSR count). The Morgan fingerprint density at radius 1 is 1.18 bits per heavy atom. The standard InChI is InChI=1S/C23H37N3O2/c1-17-14-20(18(2)26(17)13-12-19-10-8-7-9-11-19)21(27)15-25(6)16-22(28)24-23(3,4)5/h10,14H,7-9,11-13,15-16H2,1-6H3,(H,24,28). The molecule has 1 aromatic heterocycles. The number of carbonyl (C=O) groups is 2. The number of nitrogens with one attached hydrogen (secondary N) is 1. The topological polar surface area (TPSA) is 54.3 Å². The molecule has 0 spiro atoms. The first kappa shape index (κ1) is 22.4. The number of nitrogens with zero attached hydrogens (tertiary/aromatic N) is 2. The first-order valence-corrected chi connectivity index (χ1v) is 10.4. The quantitative estimate of drug-likeness (QED) is 0.541. The van der Waals surface area contributed by atoms with Crippen LogP contribution in [0.25, 0.3) is 0 Å². The predicted octanol–water partition coefficient (Wildman–Crippen LogP) is 4.02. The summed E-state index contributed by atoms with van der Waals surface area (Å²) in [5, 5.41) is 2.93. The first-order valence-electron chi connectivity index (χ1n) is 10.4. The summed E-state index contributed by atoms with van der Waals surface area (Å²) in [6.07, 6.45) is 8.49. The Labute approximate surface area is 170 Å². The lowest BCUT2D eigenvalue weighted by molar-refractivity contribution is -0.123. The summed E-state index contributed by atoms with van der Waals surface area (Å²) in [7, 11) is 1.81. The number of hydrogen-bond acceptors (Lipinski definition) is 3. The molecule has 0 saturated carbocycles. The second-order valence-corrected chi connectivity index (χ2v) is 9.19. The number of aromatic nitrogens is 1. The fraction of sp³-hybridized carbons (Fsp3) is 0.652. The van der Waals surface area contributed by atoms with Crippen LogP contribution >= 0.6 is 0 Å². The Kier molecular flexibility index (Phi) is 7.64. The summed E-state index contributed by atoms with van der Waals surface area (Å²) < 4.78 is 2.26. The lowest BCUT2D eigenvalue weighted by Gasteiger charge is -2.23. The molecule has 0 saturated heterocycles. The average molecular weight is 388 g/mol. The second-order valence-electron chi connectivity index (χ2n) is 9.19. The van der Waals surface area contributed by atoms with Gasteiger partial charge in [-0.2, -0.15) is 0 Å². The van der Waals surface area contributed by atoms with Crippen LogP contribution in [-0.4, -0.2) is 46.8 Å². The highest BCUT2D eigenvalue weighted by Crippen LogP contribution is 2.23. The number of carbonyl (C=O) groups excluding carboxylic acids is 2. The first-order chi connectivity index (χ1) is 13.1. The maximum Gasteiger partial charge on any atom is 0.234 e. The zero-order valence-corrected chi connectivity index (χ0v) is 18.5. The van der Waals surface area contributed by atoms with E-state index in [-0.39, 0.29) is 30.3 Å². The molecule has 0 aromatic carbocycles. The molecule has 0 aliphatic heterocycles. The van der Waals surface area contributed by atoms with Crippen LogP contribution in [0.1, 0.15) is 74.6 Å². The molecular formula is C23H37N3O2. The summed E-state index contributed by atoms with van der Waals surface area (Å²) in [6.45, 7) is 11.3. The zero-order chi connectivity index (χ0) is 20.9. The molecule has 1 aliphatic rings. The van der Waals surface area contributed by atoms with Gasteiger partial charge in [-0.05, 0) is 79.8 Å². The van der Waals surface area contributed by atoms with Crippen LogP contribution in [0.4, 0.5) is 0 Å². The van der Waals surface area contributed by atoms with Gasteiger partial charge < -0.3 is 9.88 Å². The molecule has 1 N–H and O–H groups in total. The SMILES string of the molecule is Cc1cc(C(=O)CN(C)CC(=O)NC(C)(C)C)c(C)n1CCC1=CCCCC1. The van der Waals surface area contributed by atoms with E-state index in [0.717, 1.165) is 29.9 Å². The Balaban J connectivity index is 1.96. The Hall–Kier alpha value is -1.88. The van der Waals surface area contributed by atoms with Gasteiger partial charge in [0, 0.05) is 29.0 Å². The van der Waals surface area contributed by atoms with Gasteiger partial charge in [-0.1, -0.05) is 11.6 Å². The van der Waals surface area contributed by atoms with Crippen molar-refractivity contribution in [2.45, 2.75) is 78.8 Å². The van der Waals surface area contributed by atoms with Crippen molar-refractivity contribution in [1.29, 1.82) is 0 Å². The number of amides is 1. The van der Waals surface area contributed by atoms with Crippen LogP contribution in [0, 0.1) is 13.8 Å². The van der Waals surface area contributed by atoms with Crippen molar-refractivity contribution in [1.82, 2.24) is 14.8 Å². The summed E-state index contributed by atoms with van der Waals surface area (Å²) in [4.78, 5) is 26.7. The van der Waals surface area contributed by atoms with Crippen molar-refractivity contribution in [3.8, 4) is 0 Å². The van der Waals surface area contributed by atoms with Gasteiger partial charge in [-0.3, -0.25) is 14.5 Å². The van der Waals surface area contributed by atoms with Crippen molar-refractivity contribution in [3.63, 3.8) is 0 Å². The summed E-state index contributed by atoms with van der Waals surface area (Å²) in [5.41, 5.74) is 4.23. The molecule has 1 aliphatic carbocycles. The minimum Gasteiger partial charge on any atom is -0.350 e. The molecule has 0 bridgehead atoms. The van der Waals surface area contributed by atoms with E-state index in [9.17, 15) is 9.59 Å². The van der Waals surface area contributed by atoms with E-state index < -0.39 is 0 Å². The largest absolute Gasteiger partial charge is 0.350 e. The molecule has 0 radical (unpaired) electrons. The summed E-state index contributed by atoms with van der Waals surface area (Å²) in [6, 6.07) is 2.00. The van der Waals surface area contributed by atoms with E-state index >= 15 is 0 Å². The summed E-state index contributed by atoms with van der Waals surface area (Å²) >= 11 is 0. The number of allylic oxidation sites excluding steroid dienone is 2. The third-order valence-electron chi connectivity index (χ3n) is 5.26. The van der Waals surface area contributed by atoms with Gasteiger partial charge in [0.05, 0.1) is 13.1 Å². The molecule has 0 unspecified atom stereocenters. The fourth-order valence-electron chi connectivity index (χ4n) is 3.90. The smallest absolute Gasteiger partial charge is 0.234 e. The van der Waals surface area contributed by atoms with Crippen molar-refractivity contribution in [2.24, 2.45) is 0 Å². The average Bonchev–Trinajstić information content (AvgIpc) is 2.86. The number of rotatable bonds is 8. The number of likely N-dealkylation sites (N-methyl/N-ethyl adjacent to an activating group) is 1. The van der Waals surface area contributed by atoms with Crippen LogP contribution in [-0.2, 0) is 11.3 Å². The maximum absolute atomic E-state index is 12.8. The minimum absolute atomic E-state index is 0.0611. The van der Waals surface area contributed by atoms with E-state index in [1.54, 1.807) is 10.5 Å². The van der Waals surface area contributed by atoms with Crippen molar-refractivity contribution < 1.29 is 9.59 Å². The Morgan fingerprint density at radius 2 is 1.89 bits per heavy atom.